The number of unbranched alkanes of at least 4 members (excludes halogenated alkanes) is 2. The first kappa shape index (κ1) is 39.8. The number of amides is 2. The molecule has 0 radical (unpaired) electrons. The molecule has 282 valence electrons. The highest BCUT2D eigenvalue weighted by Crippen LogP contribution is 2.42. The number of rotatable bonds is 17. The van der Waals surface area contributed by atoms with Crippen molar-refractivity contribution in [3.8, 4) is 11.1 Å². The molecular weight excluding hydrogens is 666 g/mol. The van der Waals surface area contributed by atoms with Crippen molar-refractivity contribution in [2.75, 3.05) is 20.1 Å². The van der Waals surface area contributed by atoms with Crippen LogP contribution in [0.1, 0.15) is 92.8 Å². The normalized spacial score (nSPS) is 19.8. The first-order valence-corrected chi connectivity index (χ1v) is 18.8. The van der Waals surface area contributed by atoms with Crippen LogP contribution in [-0.2, 0) is 32.2 Å². The quantitative estimate of drug-likeness (QED) is 0.0867. The second kappa shape index (κ2) is 19.6. The Kier molecular flexibility index (Phi) is 14.7. The number of carbonyl (C=O) groups excluding carboxylic acids is 2. The lowest BCUT2D eigenvalue weighted by Crippen LogP contribution is -2.46. The van der Waals surface area contributed by atoms with Crippen molar-refractivity contribution in [3.05, 3.63) is 131 Å². The fraction of sp³-hybridized carbons (Fsp3) is 0.409. The van der Waals surface area contributed by atoms with E-state index in [-0.39, 0.29) is 42.6 Å². The maximum Gasteiger partial charge on any atom is 0.220 e. The number of nitrogens with one attached hydrogen (secondary N) is 2. The fourth-order valence-corrected chi connectivity index (χ4v) is 6.78. The van der Waals surface area contributed by atoms with Crippen LogP contribution in [0.25, 0.3) is 11.1 Å². The number of ether oxygens (including phenoxy) is 2. The molecule has 9 heteroatoms. The van der Waals surface area contributed by atoms with E-state index in [0.29, 0.717) is 26.1 Å². The van der Waals surface area contributed by atoms with Gasteiger partial charge in [-0.05, 0) is 66.3 Å². The van der Waals surface area contributed by atoms with Crippen molar-refractivity contribution in [2.24, 2.45) is 5.92 Å². The minimum atomic E-state index is -0.644. The van der Waals surface area contributed by atoms with Crippen LogP contribution in [0.2, 0.25) is 0 Å². The molecule has 4 aromatic carbocycles. The minimum Gasteiger partial charge on any atom is -0.392 e. The second-order valence-corrected chi connectivity index (χ2v) is 14.3. The SMILES string of the molecule is CC(=O)NCCCCCC(=O)NCc1cccc(-c2ccc([C@H]3O[C@@H](CN(C)[C@H](C)[C@@H](O)c4ccccc4)[C@@H](C)[C@@H](c4ccc(CO)cc4)O3)cc2)c1. The Morgan fingerprint density at radius 2 is 1.53 bits per heavy atom. The Morgan fingerprint density at radius 3 is 2.23 bits per heavy atom. The molecule has 4 aromatic rings. The van der Waals surface area contributed by atoms with Crippen LogP contribution in [0.15, 0.2) is 103 Å². The van der Waals surface area contributed by atoms with Gasteiger partial charge in [-0.1, -0.05) is 110 Å². The zero-order valence-corrected chi connectivity index (χ0v) is 31.4. The van der Waals surface area contributed by atoms with E-state index < -0.39 is 12.4 Å². The Bertz CT molecular complexity index is 1730. The van der Waals surface area contributed by atoms with E-state index in [4.69, 9.17) is 9.47 Å². The van der Waals surface area contributed by atoms with Gasteiger partial charge in [0.25, 0.3) is 0 Å². The molecule has 0 unspecified atom stereocenters. The fourth-order valence-electron chi connectivity index (χ4n) is 6.78. The Labute approximate surface area is 314 Å². The van der Waals surface area contributed by atoms with Crippen LogP contribution in [0, 0.1) is 5.92 Å². The zero-order valence-electron chi connectivity index (χ0n) is 31.4. The van der Waals surface area contributed by atoms with Crippen LogP contribution in [0.5, 0.6) is 0 Å². The number of carbonyl (C=O) groups is 2. The highest BCUT2D eigenvalue weighted by atomic mass is 16.7. The average Bonchev–Trinajstić information content (AvgIpc) is 3.19. The van der Waals surface area contributed by atoms with E-state index in [2.05, 4.69) is 46.7 Å². The van der Waals surface area contributed by atoms with Gasteiger partial charge in [-0.2, -0.15) is 0 Å². The largest absolute Gasteiger partial charge is 0.392 e. The van der Waals surface area contributed by atoms with E-state index in [0.717, 1.165) is 58.2 Å². The number of hydrogen-bond donors (Lipinski definition) is 4. The molecule has 0 saturated carbocycles. The molecule has 1 fully saturated rings. The number of aliphatic hydroxyl groups is 2. The number of likely N-dealkylation sites (N-methyl/N-ethyl adjacent to an activating group) is 1. The molecule has 53 heavy (non-hydrogen) atoms. The molecule has 0 aromatic heterocycles. The molecule has 2 amide bonds. The first-order chi connectivity index (χ1) is 25.6. The molecule has 5 rings (SSSR count). The summed E-state index contributed by atoms with van der Waals surface area (Å²) in [5.74, 6) is 0.00117. The summed E-state index contributed by atoms with van der Waals surface area (Å²) in [6.07, 6.45) is 1.32. The highest BCUT2D eigenvalue weighted by Gasteiger charge is 2.39. The van der Waals surface area contributed by atoms with Crippen molar-refractivity contribution >= 4 is 11.8 Å². The molecule has 0 spiro atoms. The summed E-state index contributed by atoms with van der Waals surface area (Å²) in [5, 5.41) is 26.6. The number of nitrogens with zero attached hydrogens (tertiary/aromatic N) is 1. The van der Waals surface area contributed by atoms with Gasteiger partial charge >= 0.3 is 0 Å². The van der Waals surface area contributed by atoms with Gasteiger partial charge in [0.05, 0.1) is 24.9 Å². The third-order valence-corrected chi connectivity index (χ3v) is 10.3. The number of aliphatic hydroxyl groups excluding tert-OH is 2. The lowest BCUT2D eigenvalue weighted by atomic mass is 9.89. The van der Waals surface area contributed by atoms with Crippen LogP contribution in [0.4, 0.5) is 0 Å². The maximum absolute atomic E-state index is 12.4. The van der Waals surface area contributed by atoms with Gasteiger partial charge in [0.1, 0.15) is 0 Å². The zero-order chi connectivity index (χ0) is 37.7. The van der Waals surface area contributed by atoms with Crippen molar-refractivity contribution in [2.45, 2.75) is 90.2 Å². The third-order valence-electron chi connectivity index (χ3n) is 10.3. The van der Waals surface area contributed by atoms with Gasteiger partial charge in [-0.25, -0.2) is 0 Å². The summed E-state index contributed by atoms with van der Waals surface area (Å²) in [6, 6.07) is 33.9. The molecule has 0 aliphatic carbocycles. The Hall–Kier alpha value is -4.38. The second-order valence-electron chi connectivity index (χ2n) is 14.3. The van der Waals surface area contributed by atoms with E-state index in [1.165, 1.54) is 6.92 Å². The number of benzene rings is 4. The smallest absolute Gasteiger partial charge is 0.220 e. The van der Waals surface area contributed by atoms with Crippen molar-refractivity contribution in [1.82, 2.24) is 15.5 Å². The van der Waals surface area contributed by atoms with Gasteiger partial charge in [0.15, 0.2) is 6.29 Å². The number of hydrogen-bond acceptors (Lipinski definition) is 7. The predicted molar refractivity (Wildman–Crippen MR) is 207 cm³/mol. The van der Waals surface area contributed by atoms with E-state index in [1.807, 2.05) is 92.8 Å². The molecule has 1 aliphatic rings. The van der Waals surface area contributed by atoms with Crippen LogP contribution in [-0.4, -0.2) is 59.2 Å². The molecule has 4 N–H and O–H groups in total. The maximum atomic E-state index is 12.4. The summed E-state index contributed by atoms with van der Waals surface area (Å²) >= 11 is 0. The summed E-state index contributed by atoms with van der Waals surface area (Å²) in [6.45, 7) is 7.36. The van der Waals surface area contributed by atoms with Gasteiger partial charge in [-0.15, -0.1) is 0 Å². The van der Waals surface area contributed by atoms with E-state index in [1.54, 1.807) is 0 Å². The molecule has 9 nitrogen and oxygen atoms in total. The van der Waals surface area contributed by atoms with Gasteiger partial charge < -0.3 is 30.3 Å². The summed E-state index contributed by atoms with van der Waals surface area (Å²) < 4.78 is 13.4. The summed E-state index contributed by atoms with van der Waals surface area (Å²) in [5.41, 5.74) is 6.77. The molecule has 1 saturated heterocycles. The standard InChI is InChI=1S/C44H55N3O6/c1-30-40(28-47(4)31(2)42(51)36-13-7-5-8-14-36)52-44(53-43(30)37-19-17-33(29-48)18-20-37)38-23-21-35(22-24-38)39-15-11-12-34(26-39)27-46-41(50)16-9-6-10-25-45-32(3)49/h5,7-8,11-15,17-24,26,30-31,40,42-44,48,51H,6,9-10,16,25,27-29H2,1-4H3,(H,45,49)(H,46,50)/t30-,31-,40+,42-,43+,44+/m1/s1. The Morgan fingerprint density at radius 1 is 0.811 bits per heavy atom. The minimum absolute atomic E-state index is 0.00675. The van der Waals surface area contributed by atoms with Gasteiger partial charge in [0.2, 0.25) is 11.8 Å². The molecular formula is C44H55N3O6. The predicted octanol–water partition coefficient (Wildman–Crippen LogP) is 7.00. The first-order valence-electron chi connectivity index (χ1n) is 18.8. The monoisotopic (exact) mass is 721 g/mol. The molecule has 6 atom stereocenters. The van der Waals surface area contributed by atoms with Crippen molar-refractivity contribution in [3.63, 3.8) is 0 Å². The molecule has 1 heterocycles. The lowest BCUT2D eigenvalue weighted by molar-refractivity contribution is -0.276. The van der Waals surface area contributed by atoms with E-state index in [9.17, 15) is 19.8 Å². The van der Waals surface area contributed by atoms with Crippen LogP contribution in [0.3, 0.4) is 0 Å². The molecule has 0 bridgehead atoms. The summed E-state index contributed by atoms with van der Waals surface area (Å²) in [4.78, 5) is 25.6. The topological polar surface area (TPSA) is 120 Å². The third kappa shape index (κ3) is 11.3. The lowest BCUT2D eigenvalue weighted by Gasteiger charge is -2.43. The van der Waals surface area contributed by atoms with Crippen molar-refractivity contribution < 1.29 is 29.3 Å². The van der Waals surface area contributed by atoms with E-state index >= 15 is 0 Å². The Balaban J connectivity index is 1.25. The van der Waals surface area contributed by atoms with Gasteiger partial charge in [-0.3, -0.25) is 14.5 Å². The molecule has 1 aliphatic heterocycles. The van der Waals surface area contributed by atoms with Crippen molar-refractivity contribution in [1.29, 1.82) is 0 Å². The van der Waals surface area contributed by atoms with Gasteiger partial charge in [0, 0.05) is 50.5 Å². The average molecular weight is 722 g/mol. The summed E-state index contributed by atoms with van der Waals surface area (Å²) in [7, 11) is 2.02. The highest BCUT2D eigenvalue weighted by molar-refractivity contribution is 5.76. The van der Waals surface area contributed by atoms with Crippen LogP contribution >= 0.6 is 0 Å². The van der Waals surface area contributed by atoms with Crippen LogP contribution < -0.4 is 10.6 Å².